The molecule has 0 bridgehead atoms. The van der Waals surface area contributed by atoms with Gasteiger partial charge in [0, 0.05) is 36.7 Å². The van der Waals surface area contributed by atoms with Crippen molar-refractivity contribution in [3.8, 4) is 11.5 Å². The summed E-state index contributed by atoms with van der Waals surface area (Å²) < 4.78 is 18.7. The van der Waals surface area contributed by atoms with Crippen molar-refractivity contribution in [2.24, 2.45) is 4.99 Å². The summed E-state index contributed by atoms with van der Waals surface area (Å²) in [5, 5.41) is 17.6. The number of nitrogens with zero attached hydrogens (tertiary/aromatic N) is 1. The Labute approximate surface area is 169 Å². The minimum Gasteiger partial charge on any atom is -0.504 e. The molecule has 0 spiro atoms. The third-order valence-electron chi connectivity index (χ3n) is 4.71. The average molecular weight is 398 g/mol. The highest BCUT2D eigenvalue weighted by Gasteiger charge is 2.08. The second-order valence-electron chi connectivity index (χ2n) is 6.66. The Morgan fingerprint density at radius 1 is 1.17 bits per heavy atom. The first-order valence-electron chi connectivity index (χ1n) is 9.75. The molecule has 29 heavy (non-hydrogen) atoms. The predicted octanol–water partition coefficient (Wildman–Crippen LogP) is 3.36. The third kappa shape index (κ3) is 5.19. The van der Waals surface area contributed by atoms with Crippen molar-refractivity contribution < 1.29 is 14.2 Å². The van der Waals surface area contributed by atoms with Crippen molar-refractivity contribution in [3.63, 3.8) is 0 Å². The van der Waals surface area contributed by atoms with Gasteiger partial charge in [-0.05, 0) is 55.2 Å². The van der Waals surface area contributed by atoms with Gasteiger partial charge in [0.2, 0.25) is 0 Å². The van der Waals surface area contributed by atoms with E-state index in [9.17, 15) is 9.50 Å². The second-order valence-corrected chi connectivity index (χ2v) is 6.66. The summed E-state index contributed by atoms with van der Waals surface area (Å²) in [6.07, 6.45) is 3.26. The van der Waals surface area contributed by atoms with Crippen LogP contribution in [0.3, 0.4) is 0 Å². The van der Waals surface area contributed by atoms with Gasteiger partial charge in [-0.25, -0.2) is 4.39 Å². The number of aliphatic imine (C=N–C) groups is 1. The lowest BCUT2D eigenvalue weighted by Crippen LogP contribution is -2.38. The molecule has 0 aliphatic heterocycles. The molecule has 0 fully saturated rings. The zero-order chi connectivity index (χ0) is 20.6. The summed E-state index contributed by atoms with van der Waals surface area (Å²) in [5.74, 6) is 1.10. The smallest absolute Gasteiger partial charge is 0.191 e. The van der Waals surface area contributed by atoms with Gasteiger partial charge in [-0.1, -0.05) is 12.1 Å². The van der Waals surface area contributed by atoms with Crippen LogP contribution >= 0.6 is 0 Å². The summed E-state index contributed by atoms with van der Waals surface area (Å²) in [4.78, 5) is 7.75. The summed E-state index contributed by atoms with van der Waals surface area (Å²) in [7, 11) is 1.53. The van der Waals surface area contributed by atoms with Crippen LogP contribution in [0.15, 0.2) is 47.6 Å². The molecule has 154 valence electrons. The van der Waals surface area contributed by atoms with Crippen LogP contribution in [0.5, 0.6) is 11.5 Å². The molecule has 1 heterocycles. The molecule has 0 aliphatic carbocycles. The molecule has 7 heteroatoms. The number of fused-ring (bicyclic) bond motifs is 1. The van der Waals surface area contributed by atoms with Crippen molar-refractivity contribution in [2.75, 3.05) is 26.7 Å². The summed E-state index contributed by atoms with van der Waals surface area (Å²) in [6, 6.07) is 10.2. The Kier molecular flexibility index (Phi) is 6.94. The van der Waals surface area contributed by atoms with Crippen molar-refractivity contribution >= 4 is 16.9 Å². The van der Waals surface area contributed by atoms with Gasteiger partial charge < -0.3 is 25.5 Å². The number of hydrogen-bond donors (Lipinski definition) is 4. The molecule has 3 aromatic rings. The highest BCUT2D eigenvalue weighted by atomic mass is 19.1. The number of methoxy groups -OCH3 is 1. The number of phenolic OH excluding ortho intramolecular Hbond substituents is 1. The molecule has 4 N–H and O–H groups in total. The number of aromatic amines is 1. The molecule has 0 saturated heterocycles. The van der Waals surface area contributed by atoms with Crippen LogP contribution < -0.4 is 15.4 Å². The number of H-pyrrole nitrogens is 1. The Bertz CT molecular complexity index is 984. The molecule has 3 rings (SSSR count). The Balaban J connectivity index is 1.57. The fraction of sp³-hybridized carbons (Fsp3) is 0.318. The quantitative estimate of drug-likeness (QED) is 0.346. The molecule has 0 atom stereocenters. The van der Waals surface area contributed by atoms with Crippen molar-refractivity contribution in [1.82, 2.24) is 15.6 Å². The van der Waals surface area contributed by atoms with Crippen LogP contribution in [-0.4, -0.2) is 42.8 Å². The minimum atomic E-state index is -0.234. The van der Waals surface area contributed by atoms with Gasteiger partial charge in [0.15, 0.2) is 17.5 Å². The summed E-state index contributed by atoms with van der Waals surface area (Å²) in [6.45, 7) is 3.94. The molecule has 1 aromatic heterocycles. The molecule has 0 aliphatic rings. The average Bonchev–Trinajstić information content (AvgIpc) is 3.11. The lowest BCUT2D eigenvalue weighted by molar-refractivity contribution is 0.370. The first kappa shape index (κ1) is 20.5. The van der Waals surface area contributed by atoms with E-state index >= 15 is 0 Å². The van der Waals surface area contributed by atoms with Crippen molar-refractivity contribution in [3.05, 3.63) is 59.5 Å². The Hall–Kier alpha value is -3.22. The van der Waals surface area contributed by atoms with Crippen LogP contribution in [0, 0.1) is 5.82 Å². The van der Waals surface area contributed by atoms with E-state index in [-0.39, 0.29) is 11.6 Å². The van der Waals surface area contributed by atoms with Crippen LogP contribution in [0.25, 0.3) is 10.9 Å². The van der Waals surface area contributed by atoms with E-state index in [1.807, 2.05) is 25.3 Å². The highest BCUT2D eigenvalue weighted by Crippen LogP contribution is 2.29. The fourth-order valence-electron chi connectivity index (χ4n) is 3.24. The van der Waals surface area contributed by atoms with Crippen molar-refractivity contribution in [1.29, 1.82) is 0 Å². The maximum Gasteiger partial charge on any atom is 0.191 e. The van der Waals surface area contributed by atoms with Gasteiger partial charge >= 0.3 is 0 Å². The number of benzene rings is 2. The number of rotatable bonds is 8. The fourth-order valence-corrected chi connectivity index (χ4v) is 3.24. The van der Waals surface area contributed by atoms with E-state index in [0.717, 1.165) is 35.0 Å². The number of phenols is 1. The van der Waals surface area contributed by atoms with Gasteiger partial charge in [-0.2, -0.15) is 0 Å². The van der Waals surface area contributed by atoms with Gasteiger partial charge in [-0.15, -0.1) is 0 Å². The number of nitrogens with one attached hydrogen (secondary N) is 3. The van der Waals surface area contributed by atoms with Gasteiger partial charge in [0.05, 0.1) is 7.11 Å². The Morgan fingerprint density at radius 3 is 2.83 bits per heavy atom. The maximum atomic E-state index is 13.5. The monoisotopic (exact) mass is 398 g/mol. The molecule has 0 saturated carbocycles. The zero-order valence-corrected chi connectivity index (χ0v) is 16.8. The largest absolute Gasteiger partial charge is 0.504 e. The van der Waals surface area contributed by atoms with Gasteiger partial charge in [0.25, 0.3) is 0 Å². The van der Waals surface area contributed by atoms with E-state index in [0.29, 0.717) is 31.2 Å². The number of para-hydroxylation sites is 1. The molecule has 0 radical (unpaired) electrons. The van der Waals surface area contributed by atoms with Crippen LogP contribution in [0.1, 0.15) is 18.1 Å². The number of halogens is 1. The normalized spacial score (nSPS) is 11.6. The standard InChI is InChI=1S/C22H27FN4O2/c1-3-24-22(25-11-9-15-5-4-6-20(29-2)21(15)28)26-12-10-16-14-27-19-8-7-17(23)13-18(16)19/h4-8,13-14,27-28H,3,9-12H2,1-2H3,(H2,24,25,26). The van der Waals surface area contributed by atoms with E-state index < -0.39 is 0 Å². The van der Waals surface area contributed by atoms with Crippen LogP contribution in [-0.2, 0) is 12.8 Å². The molecule has 6 nitrogen and oxygen atoms in total. The van der Waals surface area contributed by atoms with Crippen LogP contribution in [0.4, 0.5) is 4.39 Å². The first-order valence-corrected chi connectivity index (χ1v) is 9.75. The molecule has 0 amide bonds. The number of aromatic hydroxyl groups is 1. The topological polar surface area (TPSA) is 81.7 Å². The van der Waals surface area contributed by atoms with E-state index in [4.69, 9.17) is 4.74 Å². The zero-order valence-electron chi connectivity index (χ0n) is 16.8. The number of guanidine groups is 1. The maximum absolute atomic E-state index is 13.5. The van der Waals surface area contributed by atoms with E-state index in [2.05, 4.69) is 20.6 Å². The summed E-state index contributed by atoms with van der Waals surface area (Å²) >= 11 is 0. The predicted molar refractivity (Wildman–Crippen MR) is 114 cm³/mol. The van der Waals surface area contributed by atoms with Gasteiger partial charge in [0.1, 0.15) is 5.82 Å². The van der Waals surface area contributed by atoms with E-state index in [1.165, 1.54) is 13.2 Å². The van der Waals surface area contributed by atoms with Crippen molar-refractivity contribution in [2.45, 2.75) is 19.8 Å². The lowest BCUT2D eigenvalue weighted by Gasteiger charge is -2.12. The second kappa shape index (κ2) is 9.82. The van der Waals surface area contributed by atoms with Crippen LogP contribution in [0.2, 0.25) is 0 Å². The Morgan fingerprint density at radius 2 is 2.03 bits per heavy atom. The van der Waals surface area contributed by atoms with E-state index in [1.54, 1.807) is 18.2 Å². The molecule has 2 aromatic carbocycles. The SMILES string of the molecule is CCNC(=NCCc1cccc(OC)c1O)NCCc1c[nH]c2ccc(F)cc12. The molecular weight excluding hydrogens is 371 g/mol. The summed E-state index contributed by atoms with van der Waals surface area (Å²) in [5.41, 5.74) is 2.79. The highest BCUT2D eigenvalue weighted by molar-refractivity contribution is 5.83. The molecular formula is C22H27FN4O2. The lowest BCUT2D eigenvalue weighted by atomic mass is 10.1. The van der Waals surface area contributed by atoms with Gasteiger partial charge in [-0.3, -0.25) is 4.99 Å². The number of aromatic nitrogens is 1. The number of ether oxygens (including phenoxy) is 1. The third-order valence-corrected chi connectivity index (χ3v) is 4.71. The molecule has 0 unspecified atom stereocenters. The first-order chi connectivity index (χ1) is 14.1. The minimum absolute atomic E-state index is 0.162. The number of hydrogen-bond acceptors (Lipinski definition) is 3.